The number of thioether (sulfide) groups is 1. The summed E-state index contributed by atoms with van der Waals surface area (Å²) in [5.74, 6) is 0.988. The van der Waals surface area contributed by atoms with Crippen LogP contribution in [0, 0.1) is 6.92 Å². The first-order valence-electron chi connectivity index (χ1n) is 9.01. The molecule has 2 heterocycles. The molecule has 0 radical (unpaired) electrons. The van der Waals surface area contributed by atoms with Gasteiger partial charge in [-0.2, -0.15) is 5.10 Å². The highest BCUT2D eigenvalue weighted by molar-refractivity contribution is 7.99. The summed E-state index contributed by atoms with van der Waals surface area (Å²) in [5, 5.41) is 19.7. The number of aromatic nitrogens is 5. The Morgan fingerprint density at radius 1 is 1.30 bits per heavy atom. The molecule has 7 nitrogen and oxygen atoms in total. The molecule has 27 heavy (non-hydrogen) atoms. The Bertz CT molecular complexity index is 944. The maximum absolute atomic E-state index is 12.3. The lowest BCUT2D eigenvalue weighted by Gasteiger charge is -2.39. The van der Waals surface area contributed by atoms with Crippen LogP contribution in [0.25, 0.3) is 17.2 Å². The zero-order valence-electron chi connectivity index (χ0n) is 15.4. The lowest BCUT2D eigenvalue weighted by Crippen LogP contribution is -2.51. The quantitative estimate of drug-likeness (QED) is 0.640. The van der Waals surface area contributed by atoms with Crippen molar-refractivity contribution in [2.45, 2.75) is 43.8 Å². The number of nitrogens with one attached hydrogen (secondary N) is 2. The number of nitrogens with zero attached hydrogens (tertiary/aromatic N) is 4. The highest BCUT2D eigenvalue weighted by atomic mass is 32.2. The molecule has 0 bridgehead atoms. The van der Waals surface area contributed by atoms with Crippen LogP contribution < -0.4 is 5.32 Å². The molecule has 0 aliphatic heterocycles. The second-order valence-corrected chi connectivity index (χ2v) is 8.11. The van der Waals surface area contributed by atoms with Crippen molar-refractivity contribution >= 4 is 17.7 Å². The van der Waals surface area contributed by atoms with Crippen molar-refractivity contribution < 1.29 is 4.79 Å². The van der Waals surface area contributed by atoms with E-state index in [0.29, 0.717) is 16.7 Å². The monoisotopic (exact) mass is 382 g/mol. The van der Waals surface area contributed by atoms with Crippen LogP contribution >= 0.6 is 11.8 Å². The molecule has 1 aliphatic rings. The molecule has 0 spiro atoms. The van der Waals surface area contributed by atoms with E-state index in [-0.39, 0.29) is 11.4 Å². The molecule has 1 aromatic carbocycles. The minimum absolute atomic E-state index is 0.0296. The molecular formula is C19H22N6OS. The highest BCUT2D eigenvalue weighted by Crippen LogP contribution is 2.31. The van der Waals surface area contributed by atoms with Crippen LogP contribution in [0.3, 0.4) is 0 Å². The predicted octanol–water partition coefficient (Wildman–Crippen LogP) is 3.12. The van der Waals surface area contributed by atoms with Gasteiger partial charge in [0.2, 0.25) is 5.91 Å². The van der Waals surface area contributed by atoms with E-state index in [1.54, 1.807) is 0 Å². The summed E-state index contributed by atoms with van der Waals surface area (Å²) in [6.07, 6.45) is 3.28. The molecule has 4 rings (SSSR count). The number of aromatic amines is 1. The topological polar surface area (TPSA) is 88.5 Å². The van der Waals surface area contributed by atoms with Gasteiger partial charge in [-0.15, -0.1) is 10.2 Å². The molecule has 1 amide bonds. The van der Waals surface area contributed by atoms with Crippen molar-refractivity contribution in [2.75, 3.05) is 5.75 Å². The summed E-state index contributed by atoms with van der Waals surface area (Å²) in [6.45, 7) is 4.05. The van der Waals surface area contributed by atoms with E-state index in [0.717, 1.165) is 29.9 Å². The van der Waals surface area contributed by atoms with Crippen LogP contribution in [-0.2, 0) is 4.79 Å². The summed E-state index contributed by atoms with van der Waals surface area (Å²) in [4.78, 5) is 12.3. The number of hydrogen-bond acceptors (Lipinski definition) is 5. The lowest BCUT2D eigenvalue weighted by molar-refractivity contribution is -0.121. The minimum Gasteiger partial charge on any atom is -0.350 e. The fourth-order valence-corrected chi connectivity index (χ4v) is 3.96. The minimum atomic E-state index is -0.0392. The molecule has 0 saturated heterocycles. The van der Waals surface area contributed by atoms with Gasteiger partial charge in [-0.05, 0) is 51.3 Å². The van der Waals surface area contributed by atoms with Gasteiger partial charge in [0.15, 0.2) is 11.0 Å². The zero-order valence-corrected chi connectivity index (χ0v) is 16.2. The van der Waals surface area contributed by atoms with Crippen molar-refractivity contribution in [3.8, 4) is 17.2 Å². The number of hydrogen-bond donors (Lipinski definition) is 2. The fraction of sp³-hybridized carbons (Fsp3) is 0.368. The Labute approximate surface area is 162 Å². The molecule has 1 saturated carbocycles. The first-order valence-corrected chi connectivity index (χ1v) is 10.00. The van der Waals surface area contributed by atoms with Crippen molar-refractivity contribution in [2.24, 2.45) is 0 Å². The van der Waals surface area contributed by atoms with E-state index >= 15 is 0 Å². The predicted molar refractivity (Wildman–Crippen MR) is 105 cm³/mol. The average Bonchev–Trinajstić information content (AvgIpc) is 3.25. The smallest absolute Gasteiger partial charge is 0.230 e. The summed E-state index contributed by atoms with van der Waals surface area (Å²) in [6, 6.07) is 11.8. The van der Waals surface area contributed by atoms with Crippen molar-refractivity contribution in [3.63, 3.8) is 0 Å². The largest absolute Gasteiger partial charge is 0.350 e. The summed E-state index contributed by atoms with van der Waals surface area (Å²) >= 11 is 1.39. The summed E-state index contributed by atoms with van der Waals surface area (Å²) < 4.78 is 1.94. The number of carbonyl (C=O) groups excluding carboxylic acids is 1. The lowest BCUT2D eigenvalue weighted by atomic mass is 9.78. The van der Waals surface area contributed by atoms with Gasteiger partial charge in [-0.3, -0.25) is 14.5 Å². The van der Waals surface area contributed by atoms with E-state index in [2.05, 4.69) is 32.6 Å². The number of amides is 1. The second-order valence-electron chi connectivity index (χ2n) is 7.16. The number of rotatable bonds is 6. The van der Waals surface area contributed by atoms with Gasteiger partial charge >= 0.3 is 0 Å². The van der Waals surface area contributed by atoms with Gasteiger partial charge in [-0.25, -0.2) is 0 Å². The molecule has 0 atom stereocenters. The van der Waals surface area contributed by atoms with Crippen LogP contribution in [0.1, 0.15) is 31.9 Å². The maximum atomic E-state index is 12.3. The molecule has 2 N–H and O–H groups in total. The van der Waals surface area contributed by atoms with Crippen LogP contribution in [0.5, 0.6) is 0 Å². The molecule has 8 heteroatoms. The highest BCUT2D eigenvalue weighted by Gasteiger charge is 2.33. The van der Waals surface area contributed by atoms with Crippen molar-refractivity contribution in [1.82, 2.24) is 30.3 Å². The summed E-state index contributed by atoms with van der Waals surface area (Å²) in [7, 11) is 0. The number of benzene rings is 1. The standard InChI is InChI=1S/C19H22N6OS/c1-13-11-15(22-21-13)17-23-24-18(25(17)14-7-4-3-5-8-14)27-12-16(26)20-19(2)9-6-10-19/h3-5,7-8,11H,6,9-10,12H2,1-2H3,(H,20,26)(H,21,22). The Kier molecular flexibility index (Phi) is 4.73. The van der Waals surface area contributed by atoms with Gasteiger partial charge in [0.25, 0.3) is 0 Å². The summed E-state index contributed by atoms with van der Waals surface area (Å²) in [5.41, 5.74) is 2.58. The van der Waals surface area contributed by atoms with Gasteiger partial charge in [0, 0.05) is 16.9 Å². The molecule has 0 unspecified atom stereocenters. The second kappa shape index (κ2) is 7.19. The van der Waals surface area contributed by atoms with Gasteiger partial charge in [-0.1, -0.05) is 30.0 Å². The third kappa shape index (κ3) is 3.75. The van der Waals surface area contributed by atoms with Crippen LogP contribution in [0.4, 0.5) is 0 Å². The Morgan fingerprint density at radius 3 is 2.70 bits per heavy atom. The van der Waals surface area contributed by atoms with E-state index in [4.69, 9.17) is 0 Å². The third-order valence-electron chi connectivity index (χ3n) is 4.81. The molecule has 1 aliphatic carbocycles. The fourth-order valence-electron chi connectivity index (χ4n) is 3.21. The van der Waals surface area contributed by atoms with Gasteiger partial charge in [0.1, 0.15) is 5.69 Å². The molecule has 140 valence electrons. The number of carbonyl (C=O) groups is 1. The van der Waals surface area contributed by atoms with Crippen LogP contribution in [-0.4, -0.2) is 42.2 Å². The third-order valence-corrected chi connectivity index (χ3v) is 5.74. The first-order chi connectivity index (χ1) is 13.0. The molecule has 3 aromatic rings. The van der Waals surface area contributed by atoms with E-state index < -0.39 is 0 Å². The Balaban J connectivity index is 1.59. The van der Waals surface area contributed by atoms with Crippen LogP contribution in [0.2, 0.25) is 0 Å². The number of para-hydroxylation sites is 1. The van der Waals surface area contributed by atoms with Crippen LogP contribution in [0.15, 0.2) is 41.6 Å². The maximum Gasteiger partial charge on any atom is 0.230 e. The van der Waals surface area contributed by atoms with Crippen molar-refractivity contribution in [3.05, 3.63) is 42.1 Å². The van der Waals surface area contributed by atoms with E-state index in [1.807, 2.05) is 47.9 Å². The Morgan fingerprint density at radius 2 is 2.07 bits per heavy atom. The van der Waals surface area contributed by atoms with E-state index in [9.17, 15) is 4.79 Å². The average molecular weight is 382 g/mol. The number of H-pyrrole nitrogens is 1. The van der Waals surface area contributed by atoms with Crippen molar-refractivity contribution in [1.29, 1.82) is 0 Å². The number of aryl methyl sites for hydroxylation is 1. The zero-order chi connectivity index (χ0) is 18.9. The van der Waals surface area contributed by atoms with Gasteiger partial charge < -0.3 is 5.32 Å². The van der Waals surface area contributed by atoms with E-state index in [1.165, 1.54) is 18.2 Å². The molecule has 1 fully saturated rings. The first kappa shape index (κ1) is 17.8. The normalized spacial score (nSPS) is 15.3. The molecular weight excluding hydrogens is 360 g/mol. The molecule has 2 aromatic heterocycles. The SMILES string of the molecule is Cc1cc(-c2nnc(SCC(=O)NC3(C)CCC3)n2-c2ccccc2)n[nH]1. The Hall–Kier alpha value is -2.61. The van der Waals surface area contributed by atoms with Gasteiger partial charge in [0.05, 0.1) is 5.75 Å².